The summed E-state index contributed by atoms with van der Waals surface area (Å²) in [7, 11) is 0. The molecule has 0 radical (unpaired) electrons. The Morgan fingerprint density at radius 2 is 1.65 bits per heavy atom. The van der Waals surface area contributed by atoms with E-state index in [1.807, 2.05) is 13.8 Å². The molecule has 0 bridgehead atoms. The number of alkyl halides is 4. The first-order valence-electron chi connectivity index (χ1n) is 9.19. The van der Waals surface area contributed by atoms with Gasteiger partial charge in [0.25, 0.3) is 0 Å². The van der Waals surface area contributed by atoms with Gasteiger partial charge in [0.2, 0.25) is 5.82 Å². The summed E-state index contributed by atoms with van der Waals surface area (Å²) in [6.45, 7) is 4.29. The van der Waals surface area contributed by atoms with Crippen LogP contribution in [-0.2, 0) is 0 Å². The van der Waals surface area contributed by atoms with Crippen molar-refractivity contribution < 1.29 is 28.5 Å². The first kappa shape index (κ1) is 23.6. The van der Waals surface area contributed by atoms with Gasteiger partial charge in [-0.1, -0.05) is 38.1 Å². The number of hydrogen-bond acceptors (Lipinski definition) is 4. The van der Waals surface area contributed by atoms with Crippen molar-refractivity contribution in [3.8, 4) is 35.2 Å². The summed E-state index contributed by atoms with van der Waals surface area (Å²) < 4.78 is 57.2. The highest BCUT2D eigenvalue weighted by atomic mass is 19.4. The molecule has 1 heterocycles. The van der Waals surface area contributed by atoms with Crippen LogP contribution in [0.5, 0.6) is 5.75 Å². The number of aldehydes is 1. The predicted octanol–water partition coefficient (Wildman–Crippen LogP) is 5.63. The van der Waals surface area contributed by atoms with E-state index in [1.165, 1.54) is 28.9 Å². The quantitative estimate of drug-likeness (QED) is 0.296. The molecular formula is C22H21F4N3O2. The van der Waals surface area contributed by atoms with Crippen LogP contribution in [0.1, 0.15) is 38.4 Å². The number of rotatable bonds is 5. The molecule has 1 aromatic heterocycles. The fourth-order valence-electron chi connectivity index (χ4n) is 2.35. The Labute approximate surface area is 178 Å². The van der Waals surface area contributed by atoms with Gasteiger partial charge in [0.05, 0.1) is 5.69 Å². The zero-order valence-corrected chi connectivity index (χ0v) is 16.9. The lowest BCUT2D eigenvalue weighted by atomic mass is 10.1. The monoisotopic (exact) mass is 435 g/mol. The Morgan fingerprint density at radius 3 is 2.13 bits per heavy atom. The molecule has 0 aliphatic rings. The number of terminal acetylenes is 1. The molecule has 0 saturated carbocycles. The molecule has 0 aliphatic heterocycles. The Morgan fingerprint density at radius 1 is 1.06 bits per heavy atom. The summed E-state index contributed by atoms with van der Waals surface area (Å²) in [5.41, 5.74) is 1.49. The highest BCUT2D eigenvalue weighted by Crippen LogP contribution is 2.35. The normalized spacial score (nSPS) is 12.7. The van der Waals surface area contributed by atoms with E-state index in [4.69, 9.17) is 6.42 Å². The highest BCUT2D eigenvalue weighted by Gasteiger charge is 2.55. The van der Waals surface area contributed by atoms with Crippen LogP contribution in [-0.4, -0.2) is 33.1 Å². The van der Waals surface area contributed by atoms with E-state index in [0.29, 0.717) is 28.9 Å². The number of nitrogens with zero attached hydrogens (tertiary/aromatic N) is 3. The molecule has 31 heavy (non-hydrogen) atoms. The molecule has 5 nitrogen and oxygen atoms in total. The Kier molecular flexibility index (Phi) is 7.18. The van der Waals surface area contributed by atoms with Crippen LogP contribution in [0, 0.1) is 12.3 Å². The molecule has 2 aromatic carbocycles. The Hall–Kier alpha value is -3.67. The third kappa shape index (κ3) is 5.28. The number of hydrogen-bond donors (Lipinski definition) is 0. The SMILES string of the molecule is C#Cc1nc(-c2ccc(C=O)cc2)nn1-c1ccc(OC(C)(F)C(F)(F)F)cc1.CC.[HH]. The minimum Gasteiger partial charge on any atom is -0.450 e. The molecule has 1 unspecified atom stereocenters. The van der Waals surface area contributed by atoms with Crippen molar-refractivity contribution >= 4 is 6.29 Å². The van der Waals surface area contributed by atoms with Crippen LogP contribution in [0.3, 0.4) is 0 Å². The van der Waals surface area contributed by atoms with E-state index in [2.05, 4.69) is 20.7 Å². The number of benzene rings is 2. The lowest BCUT2D eigenvalue weighted by Gasteiger charge is -2.24. The molecule has 0 N–H and O–H groups in total. The van der Waals surface area contributed by atoms with Gasteiger partial charge in [-0.25, -0.2) is 4.68 Å². The first-order valence-corrected chi connectivity index (χ1v) is 9.19. The van der Waals surface area contributed by atoms with Crippen molar-refractivity contribution in [2.45, 2.75) is 32.8 Å². The van der Waals surface area contributed by atoms with Gasteiger partial charge in [-0.2, -0.15) is 22.5 Å². The van der Waals surface area contributed by atoms with E-state index >= 15 is 0 Å². The van der Waals surface area contributed by atoms with Gasteiger partial charge in [-0.05, 0) is 30.2 Å². The lowest BCUT2D eigenvalue weighted by Crippen LogP contribution is -2.43. The van der Waals surface area contributed by atoms with Gasteiger partial charge in [0, 0.05) is 19.5 Å². The largest absolute Gasteiger partial charge is 0.459 e. The van der Waals surface area contributed by atoms with Gasteiger partial charge in [0.1, 0.15) is 12.0 Å². The fourth-order valence-corrected chi connectivity index (χ4v) is 2.35. The summed E-state index contributed by atoms with van der Waals surface area (Å²) in [5.74, 6) is -1.32. The summed E-state index contributed by atoms with van der Waals surface area (Å²) in [6.07, 6.45) is 0.991. The van der Waals surface area contributed by atoms with E-state index < -0.39 is 12.0 Å². The molecule has 3 aromatic rings. The second-order valence-electron chi connectivity index (χ2n) is 6.07. The third-order valence-electron chi connectivity index (χ3n) is 3.94. The van der Waals surface area contributed by atoms with Crippen LogP contribution in [0.2, 0.25) is 0 Å². The van der Waals surface area contributed by atoms with Gasteiger partial charge in [-0.15, -0.1) is 11.5 Å². The molecule has 0 spiro atoms. The summed E-state index contributed by atoms with van der Waals surface area (Å²) in [6, 6.07) is 11.6. The highest BCUT2D eigenvalue weighted by molar-refractivity contribution is 5.76. The van der Waals surface area contributed by atoms with Crippen molar-refractivity contribution in [1.82, 2.24) is 14.8 Å². The van der Waals surface area contributed by atoms with Crippen LogP contribution in [0.25, 0.3) is 17.1 Å². The number of aromatic nitrogens is 3. The molecule has 1 atom stereocenters. The van der Waals surface area contributed by atoms with Gasteiger partial charge < -0.3 is 4.74 Å². The van der Waals surface area contributed by atoms with E-state index in [-0.39, 0.29) is 19.9 Å². The van der Waals surface area contributed by atoms with Crippen LogP contribution in [0.4, 0.5) is 17.6 Å². The average molecular weight is 435 g/mol. The summed E-state index contributed by atoms with van der Waals surface area (Å²) >= 11 is 0. The number of carbonyl (C=O) groups is 1. The zero-order chi connectivity index (χ0) is 23.2. The summed E-state index contributed by atoms with van der Waals surface area (Å²) in [4.78, 5) is 15.0. The van der Waals surface area contributed by atoms with Crippen LogP contribution in [0.15, 0.2) is 48.5 Å². The topological polar surface area (TPSA) is 57.0 Å². The lowest BCUT2D eigenvalue weighted by molar-refractivity contribution is -0.293. The van der Waals surface area contributed by atoms with Crippen molar-refractivity contribution in [2.24, 2.45) is 0 Å². The Balaban J connectivity index is 0.00000166. The maximum Gasteiger partial charge on any atom is 0.459 e. The summed E-state index contributed by atoms with van der Waals surface area (Å²) in [5, 5.41) is 4.30. The van der Waals surface area contributed by atoms with Crippen molar-refractivity contribution in [1.29, 1.82) is 0 Å². The molecule has 9 heteroatoms. The maximum absolute atomic E-state index is 13.6. The Bertz CT molecular complexity index is 1070. The van der Waals surface area contributed by atoms with Gasteiger partial charge in [0.15, 0.2) is 5.82 Å². The smallest absolute Gasteiger partial charge is 0.450 e. The van der Waals surface area contributed by atoms with Crippen LogP contribution >= 0.6 is 0 Å². The second kappa shape index (κ2) is 9.43. The number of halogens is 4. The molecule has 0 fully saturated rings. The number of ether oxygens (including phenoxy) is 1. The fraction of sp³-hybridized carbons (Fsp3) is 0.227. The van der Waals surface area contributed by atoms with Crippen LogP contribution < -0.4 is 4.74 Å². The molecule has 3 rings (SSSR count). The van der Waals surface area contributed by atoms with Crippen molar-refractivity contribution in [2.75, 3.05) is 0 Å². The van der Waals surface area contributed by atoms with E-state index in [9.17, 15) is 22.4 Å². The molecule has 0 aliphatic carbocycles. The number of carbonyl (C=O) groups excluding carboxylic acids is 1. The molecule has 0 amide bonds. The van der Waals surface area contributed by atoms with Gasteiger partial charge >= 0.3 is 12.0 Å². The maximum atomic E-state index is 13.6. The van der Waals surface area contributed by atoms with Crippen molar-refractivity contribution in [3.63, 3.8) is 0 Å². The van der Waals surface area contributed by atoms with E-state index in [0.717, 1.165) is 0 Å². The minimum absolute atomic E-state index is 0. The van der Waals surface area contributed by atoms with E-state index in [1.54, 1.807) is 24.3 Å². The molecular weight excluding hydrogens is 414 g/mol. The molecule has 164 valence electrons. The predicted molar refractivity (Wildman–Crippen MR) is 110 cm³/mol. The minimum atomic E-state index is -5.18. The standard InChI is InChI=1S/C20H13F4N3O2.C2H6.H2/c1-3-17-25-18(14-6-4-13(12-28)5-7-14)26-27(17)15-8-10-16(11-9-15)29-19(2,21)20(22,23)24;1-2;/h1,4-12H,2H3;1-2H3;1H. The molecule has 0 saturated heterocycles. The average Bonchev–Trinajstić information content (AvgIpc) is 3.19. The third-order valence-corrected chi connectivity index (χ3v) is 3.94. The van der Waals surface area contributed by atoms with Gasteiger partial charge in [-0.3, -0.25) is 4.79 Å². The van der Waals surface area contributed by atoms with Crippen molar-refractivity contribution in [3.05, 3.63) is 59.9 Å². The first-order chi connectivity index (χ1) is 14.6. The second-order valence-corrected chi connectivity index (χ2v) is 6.07. The zero-order valence-electron chi connectivity index (χ0n) is 16.9.